The molecule has 1 aromatic carbocycles. The van der Waals surface area contributed by atoms with Gasteiger partial charge in [-0.1, -0.05) is 7.43 Å². The quantitative estimate of drug-likeness (QED) is 0.548. The number of hydrogen-bond donors (Lipinski definition) is 1. The number of rotatable bonds is 6. The van der Waals surface area contributed by atoms with Crippen LogP contribution in [0, 0.1) is 12.3 Å². The molecule has 3 aromatic rings. The van der Waals surface area contributed by atoms with Crippen LogP contribution in [0.2, 0.25) is 0 Å². The molecule has 0 bridgehead atoms. The van der Waals surface area contributed by atoms with Gasteiger partial charge < -0.3 is 19.4 Å². The van der Waals surface area contributed by atoms with Gasteiger partial charge in [0.15, 0.2) is 0 Å². The van der Waals surface area contributed by atoms with E-state index in [-0.39, 0.29) is 24.9 Å². The summed E-state index contributed by atoms with van der Waals surface area (Å²) in [6, 6.07) is 4.08. The Kier molecular flexibility index (Phi) is 7.13. The van der Waals surface area contributed by atoms with Crippen molar-refractivity contribution in [2.75, 3.05) is 59.7 Å². The zero-order valence-corrected chi connectivity index (χ0v) is 21.2. The van der Waals surface area contributed by atoms with Crippen LogP contribution in [0.1, 0.15) is 55.1 Å². The van der Waals surface area contributed by atoms with E-state index in [1.807, 2.05) is 28.6 Å². The van der Waals surface area contributed by atoms with E-state index < -0.39 is 0 Å². The van der Waals surface area contributed by atoms with Crippen LogP contribution in [0.25, 0.3) is 21.8 Å². The lowest BCUT2D eigenvalue weighted by Crippen LogP contribution is -2.50. The summed E-state index contributed by atoms with van der Waals surface area (Å²) in [5.74, 6) is 0.0589. The van der Waals surface area contributed by atoms with Gasteiger partial charge in [-0.3, -0.25) is 19.2 Å². The van der Waals surface area contributed by atoms with Gasteiger partial charge in [-0.15, -0.1) is 0 Å². The van der Waals surface area contributed by atoms with Crippen LogP contribution in [0.15, 0.2) is 23.1 Å². The van der Waals surface area contributed by atoms with Gasteiger partial charge in [0.2, 0.25) is 0 Å². The standard InChI is InChI=1S/C27H35N5O4.CH4/c1-18-13-23-21(24-22(25(33)29-23)15-28-32(24)19-3-11-36-12-4-19)14-20(18)26(34)31-9-7-30(8-10-31)16-27(5-6-27)17-35-2;/h13-15,19H,3-12,16-17H2,1-2H3,(H,29,33);1H4. The molecule has 2 saturated heterocycles. The summed E-state index contributed by atoms with van der Waals surface area (Å²) in [7, 11) is 1.78. The Labute approximate surface area is 217 Å². The summed E-state index contributed by atoms with van der Waals surface area (Å²) < 4.78 is 12.9. The van der Waals surface area contributed by atoms with Gasteiger partial charge in [-0.25, -0.2) is 0 Å². The normalized spacial score (nSPS) is 20.3. The molecule has 6 rings (SSSR count). The second-order valence-electron chi connectivity index (χ2n) is 10.9. The van der Waals surface area contributed by atoms with Crippen LogP contribution < -0.4 is 5.56 Å². The Morgan fingerprint density at radius 1 is 1.16 bits per heavy atom. The van der Waals surface area contributed by atoms with E-state index in [0.717, 1.165) is 74.2 Å². The average Bonchev–Trinajstić information content (AvgIpc) is 3.48. The molecule has 0 atom stereocenters. The summed E-state index contributed by atoms with van der Waals surface area (Å²) >= 11 is 0. The van der Waals surface area contributed by atoms with Crippen LogP contribution in [-0.4, -0.2) is 90.1 Å². The predicted molar refractivity (Wildman–Crippen MR) is 144 cm³/mol. The summed E-state index contributed by atoms with van der Waals surface area (Å²) in [6.07, 6.45) is 5.84. The second-order valence-corrected chi connectivity index (χ2v) is 10.9. The van der Waals surface area contributed by atoms with Crippen molar-refractivity contribution in [2.45, 2.75) is 46.1 Å². The van der Waals surface area contributed by atoms with Crippen molar-refractivity contribution >= 4 is 27.7 Å². The topological polar surface area (TPSA) is 92.7 Å². The maximum atomic E-state index is 13.7. The Morgan fingerprint density at radius 3 is 2.57 bits per heavy atom. The van der Waals surface area contributed by atoms with Crippen molar-refractivity contribution in [3.63, 3.8) is 0 Å². The number of benzene rings is 1. The van der Waals surface area contributed by atoms with E-state index in [0.29, 0.717) is 29.6 Å². The number of carbonyl (C=O) groups is 1. The first-order valence-corrected chi connectivity index (χ1v) is 13.1. The number of hydrogen-bond acceptors (Lipinski definition) is 6. The maximum absolute atomic E-state index is 13.7. The number of methoxy groups -OCH3 is 1. The van der Waals surface area contributed by atoms with E-state index in [9.17, 15) is 9.59 Å². The van der Waals surface area contributed by atoms with Gasteiger partial charge >= 0.3 is 0 Å². The Bertz CT molecular complexity index is 1340. The van der Waals surface area contributed by atoms with Crippen LogP contribution in [0.4, 0.5) is 0 Å². The number of amides is 1. The summed E-state index contributed by atoms with van der Waals surface area (Å²) in [6.45, 7) is 8.42. The average molecular weight is 510 g/mol. The molecule has 0 unspecified atom stereocenters. The molecule has 37 heavy (non-hydrogen) atoms. The van der Waals surface area contributed by atoms with Crippen LogP contribution in [0.5, 0.6) is 0 Å². The van der Waals surface area contributed by atoms with E-state index >= 15 is 0 Å². The van der Waals surface area contributed by atoms with E-state index in [4.69, 9.17) is 9.47 Å². The molecular formula is C28H39N5O4. The zero-order chi connectivity index (χ0) is 24.9. The fourth-order valence-corrected chi connectivity index (χ4v) is 6.02. The second kappa shape index (κ2) is 10.2. The van der Waals surface area contributed by atoms with Gasteiger partial charge in [0, 0.05) is 69.4 Å². The Hall–Kier alpha value is -2.75. The van der Waals surface area contributed by atoms with Crippen molar-refractivity contribution in [3.8, 4) is 0 Å². The molecule has 1 amide bonds. The minimum absolute atomic E-state index is 0. The first kappa shape index (κ1) is 25.9. The first-order valence-electron chi connectivity index (χ1n) is 13.1. The molecule has 2 aliphatic heterocycles. The summed E-state index contributed by atoms with van der Waals surface area (Å²) in [5.41, 5.74) is 3.31. The molecule has 9 heteroatoms. The number of aromatic nitrogens is 3. The largest absolute Gasteiger partial charge is 0.384 e. The highest BCUT2D eigenvalue weighted by molar-refractivity contribution is 6.07. The van der Waals surface area contributed by atoms with Crippen molar-refractivity contribution in [1.82, 2.24) is 24.6 Å². The zero-order valence-electron chi connectivity index (χ0n) is 21.2. The third-order valence-corrected chi connectivity index (χ3v) is 8.30. The lowest BCUT2D eigenvalue weighted by atomic mass is 10.0. The maximum Gasteiger partial charge on any atom is 0.259 e. The van der Waals surface area contributed by atoms with Crippen molar-refractivity contribution < 1.29 is 14.3 Å². The summed E-state index contributed by atoms with van der Waals surface area (Å²) in [5, 5.41) is 6.04. The number of nitrogens with zero attached hydrogens (tertiary/aromatic N) is 4. The molecular weight excluding hydrogens is 470 g/mol. The first-order chi connectivity index (χ1) is 17.5. The highest BCUT2D eigenvalue weighted by atomic mass is 16.5. The molecule has 1 N–H and O–H groups in total. The molecule has 2 aromatic heterocycles. The molecule has 200 valence electrons. The molecule has 1 aliphatic carbocycles. The molecule has 3 aliphatic rings. The lowest BCUT2D eigenvalue weighted by molar-refractivity contribution is 0.0546. The SMILES string of the molecule is C.COCC1(CN2CCN(C(=O)c3cc4c(cc3C)[nH]c(=O)c3cnn(C5CCOCC5)c34)CC2)CC1. The Morgan fingerprint density at radius 2 is 1.89 bits per heavy atom. The Balaban J connectivity index is 0.00000280. The van der Waals surface area contributed by atoms with Crippen LogP contribution >= 0.6 is 0 Å². The number of nitrogens with one attached hydrogen (secondary N) is 1. The predicted octanol–water partition coefficient (Wildman–Crippen LogP) is 3.36. The van der Waals surface area contributed by atoms with E-state index in [1.165, 1.54) is 12.8 Å². The number of carbonyl (C=O) groups excluding carboxylic acids is 1. The molecule has 4 heterocycles. The number of piperazine rings is 1. The number of ether oxygens (including phenoxy) is 2. The highest BCUT2D eigenvalue weighted by Gasteiger charge is 2.44. The number of H-pyrrole nitrogens is 1. The van der Waals surface area contributed by atoms with Crippen LogP contribution in [-0.2, 0) is 9.47 Å². The smallest absolute Gasteiger partial charge is 0.259 e. The van der Waals surface area contributed by atoms with Gasteiger partial charge in [-0.2, -0.15) is 5.10 Å². The molecule has 1 saturated carbocycles. The number of fused-ring (bicyclic) bond motifs is 3. The number of aryl methyl sites for hydroxylation is 1. The summed E-state index contributed by atoms with van der Waals surface area (Å²) in [4.78, 5) is 33.9. The van der Waals surface area contributed by atoms with Crippen molar-refractivity contribution in [1.29, 1.82) is 0 Å². The molecule has 9 nitrogen and oxygen atoms in total. The van der Waals surface area contributed by atoms with Gasteiger partial charge in [0.25, 0.3) is 11.5 Å². The van der Waals surface area contributed by atoms with Crippen LogP contribution in [0.3, 0.4) is 0 Å². The highest BCUT2D eigenvalue weighted by Crippen LogP contribution is 2.46. The monoisotopic (exact) mass is 509 g/mol. The van der Waals surface area contributed by atoms with Gasteiger partial charge in [-0.05, 0) is 50.3 Å². The van der Waals surface area contributed by atoms with Gasteiger partial charge in [0.05, 0.1) is 35.3 Å². The molecule has 0 radical (unpaired) electrons. The van der Waals surface area contributed by atoms with E-state index in [2.05, 4.69) is 15.0 Å². The minimum Gasteiger partial charge on any atom is -0.384 e. The number of pyridine rings is 1. The lowest BCUT2D eigenvalue weighted by Gasteiger charge is -2.36. The minimum atomic E-state index is -0.146. The van der Waals surface area contributed by atoms with Gasteiger partial charge in [0.1, 0.15) is 0 Å². The third kappa shape index (κ3) is 4.80. The molecule has 0 spiro atoms. The fraction of sp³-hybridized carbons (Fsp3) is 0.607. The molecule has 3 fully saturated rings. The van der Waals surface area contributed by atoms with Crippen molar-refractivity contribution in [2.24, 2.45) is 5.41 Å². The van der Waals surface area contributed by atoms with Crippen molar-refractivity contribution in [3.05, 3.63) is 39.8 Å². The number of aromatic amines is 1. The fourth-order valence-electron chi connectivity index (χ4n) is 6.02. The third-order valence-electron chi connectivity index (χ3n) is 8.30. The van der Waals surface area contributed by atoms with E-state index in [1.54, 1.807) is 13.3 Å².